The highest BCUT2D eigenvalue weighted by Gasteiger charge is 2.26. The maximum absolute atomic E-state index is 10.1. The SMILES string of the molecule is CN(Cc1cc(C#CCCO)cs1)C1CCCCC1O. The molecular weight excluding hydrogens is 270 g/mol. The van der Waals surface area contributed by atoms with Gasteiger partial charge in [-0.1, -0.05) is 24.7 Å². The van der Waals surface area contributed by atoms with Crippen LogP contribution in [0.5, 0.6) is 0 Å². The molecule has 2 rings (SSSR count). The minimum absolute atomic E-state index is 0.117. The van der Waals surface area contributed by atoms with Crippen LogP contribution in [0.25, 0.3) is 0 Å². The Kier molecular flexibility index (Phi) is 6.06. The lowest BCUT2D eigenvalue weighted by Crippen LogP contribution is -2.42. The third kappa shape index (κ3) is 4.32. The van der Waals surface area contributed by atoms with Crippen LogP contribution in [0.3, 0.4) is 0 Å². The number of rotatable bonds is 4. The lowest BCUT2D eigenvalue weighted by Gasteiger charge is -2.34. The van der Waals surface area contributed by atoms with E-state index in [4.69, 9.17) is 5.11 Å². The largest absolute Gasteiger partial charge is 0.395 e. The fraction of sp³-hybridized carbons (Fsp3) is 0.625. The molecule has 0 saturated heterocycles. The lowest BCUT2D eigenvalue weighted by molar-refractivity contribution is 0.0292. The molecule has 0 radical (unpaired) electrons. The van der Waals surface area contributed by atoms with E-state index in [0.29, 0.717) is 6.42 Å². The minimum atomic E-state index is -0.183. The van der Waals surface area contributed by atoms with Crippen molar-refractivity contribution in [3.05, 3.63) is 21.9 Å². The van der Waals surface area contributed by atoms with Gasteiger partial charge in [0.15, 0.2) is 0 Å². The molecule has 0 spiro atoms. The van der Waals surface area contributed by atoms with Crippen LogP contribution in [0.15, 0.2) is 11.4 Å². The van der Waals surface area contributed by atoms with Crippen molar-refractivity contribution in [3.63, 3.8) is 0 Å². The number of aliphatic hydroxyl groups is 2. The van der Waals surface area contributed by atoms with Crippen LogP contribution in [-0.4, -0.2) is 40.9 Å². The fourth-order valence-electron chi connectivity index (χ4n) is 2.72. The Morgan fingerprint density at radius 2 is 2.20 bits per heavy atom. The van der Waals surface area contributed by atoms with E-state index in [2.05, 4.69) is 35.2 Å². The second-order valence-electron chi connectivity index (χ2n) is 5.41. The average molecular weight is 293 g/mol. The van der Waals surface area contributed by atoms with E-state index in [0.717, 1.165) is 31.4 Å². The monoisotopic (exact) mass is 293 g/mol. The second kappa shape index (κ2) is 7.80. The molecule has 1 aromatic heterocycles. The van der Waals surface area contributed by atoms with Gasteiger partial charge in [-0.05, 0) is 26.0 Å². The summed E-state index contributed by atoms with van der Waals surface area (Å²) in [4.78, 5) is 3.54. The van der Waals surface area contributed by atoms with E-state index in [1.807, 2.05) is 0 Å². The summed E-state index contributed by atoms with van der Waals surface area (Å²) in [6.07, 6.45) is 4.73. The first-order valence-electron chi connectivity index (χ1n) is 7.26. The van der Waals surface area contributed by atoms with Crippen molar-refractivity contribution >= 4 is 11.3 Å². The van der Waals surface area contributed by atoms with Gasteiger partial charge in [0.2, 0.25) is 0 Å². The van der Waals surface area contributed by atoms with Gasteiger partial charge in [0.25, 0.3) is 0 Å². The van der Waals surface area contributed by atoms with E-state index in [-0.39, 0.29) is 18.8 Å². The Morgan fingerprint density at radius 3 is 2.95 bits per heavy atom. The van der Waals surface area contributed by atoms with Crippen LogP contribution in [-0.2, 0) is 6.54 Å². The van der Waals surface area contributed by atoms with E-state index >= 15 is 0 Å². The van der Waals surface area contributed by atoms with Gasteiger partial charge in [0.05, 0.1) is 12.7 Å². The first-order valence-corrected chi connectivity index (χ1v) is 8.14. The van der Waals surface area contributed by atoms with Gasteiger partial charge in [-0.2, -0.15) is 0 Å². The highest BCUT2D eigenvalue weighted by atomic mass is 32.1. The molecule has 2 unspecified atom stereocenters. The van der Waals surface area contributed by atoms with Crippen LogP contribution in [0.2, 0.25) is 0 Å². The van der Waals surface area contributed by atoms with Crippen LogP contribution in [0.4, 0.5) is 0 Å². The summed E-state index contributed by atoms with van der Waals surface area (Å²) in [5.41, 5.74) is 1.02. The summed E-state index contributed by atoms with van der Waals surface area (Å²) in [6, 6.07) is 2.40. The van der Waals surface area contributed by atoms with Gasteiger partial charge in [0, 0.05) is 34.8 Å². The summed E-state index contributed by atoms with van der Waals surface area (Å²) >= 11 is 1.71. The molecule has 1 heterocycles. The zero-order valence-electron chi connectivity index (χ0n) is 12.0. The molecule has 110 valence electrons. The molecule has 1 aliphatic carbocycles. The Balaban J connectivity index is 1.91. The van der Waals surface area contributed by atoms with Gasteiger partial charge < -0.3 is 10.2 Å². The first-order chi connectivity index (χ1) is 9.70. The number of thiophene rings is 1. The summed E-state index contributed by atoms with van der Waals surface area (Å²) in [5.74, 6) is 6.00. The van der Waals surface area contributed by atoms with Crippen molar-refractivity contribution in [1.82, 2.24) is 4.90 Å². The summed E-state index contributed by atoms with van der Waals surface area (Å²) in [7, 11) is 2.09. The predicted octanol–water partition coefficient (Wildman–Crippen LogP) is 2.22. The van der Waals surface area contributed by atoms with Crippen LogP contribution < -0.4 is 0 Å². The molecule has 2 atom stereocenters. The minimum Gasteiger partial charge on any atom is -0.395 e. The van der Waals surface area contributed by atoms with Crippen molar-refractivity contribution in [2.45, 2.75) is 50.8 Å². The maximum Gasteiger partial charge on any atom is 0.0695 e. The molecule has 0 amide bonds. The van der Waals surface area contributed by atoms with Crippen LogP contribution >= 0.6 is 11.3 Å². The molecule has 3 nitrogen and oxygen atoms in total. The molecule has 2 N–H and O–H groups in total. The summed E-state index contributed by atoms with van der Waals surface area (Å²) in [5, 5.41) is 20.8. The molecule has 0 aliphatic heterocycles. The molecule has 0 bridgehead atoms. The second-order valence-corrected chi connectivity index (χ2v) is 6.41. The molecule has 0 aromatic carbocycles. The lowest BCUT2D eigenvalue weighted by atomic mass is 9.91. The predicted molar refractivity (Wildman–Crippen MR) is 82.6 cm³/mol. The Bertz CT molecular complexity index is 474. The van der Waals surface area contributed by atoms with Crippen molar-refractivity contribution in [3.8, 4) is 11.8 Å². The van der Waals surface area contributed by atoms with E-state index in [1.165, 1.54) is 11.3 Å². The quantitative estimate of drug-likeness (QED) is 0.837. The molecular formula is C16H23NO2S. The van der Waals surface area contributed by atoms with Crippen molar-refractivity contribution in [1.29, 1.82) is 0 Å². The third-order valence-corrected chi connectivity index (χ3v) is 4.71. The third-order valence-electron chi connectivity index (χ3n) is 3.79. The van der Waals surface area contributed by atoms with E-state index < -0.39 is 0 Å². The highest BCUT2D eigenvalue weighted by Crippen LogP contribution is 2.25. The van der Waals surface area contributed by atoms with Gasteiger partial charge in [-0.15, -0.1) is 11.3 Å². The van der Waals surface area contributed by atoms with Gasteiger partial charge in [0.1, 0.15) is 0 Å². The average Bonchev–Trinajstić information content (AvgIpc) is 2.87. The molecule has 20 heavy (non-hydrogen) atoms. The maximum atomic E-state index is 10.1. The topological polar surface area (TPSA) is 43.7 Å². The van der Waals surface area contributed by atoms with Crippen molar-refractivity contribution < 1.29 is 10.2 Å². The zero-order chi connectivity index (χ0) is 14.4. The molecule has 4 heteroatoms. The standard InChI is InChI=1S/C16H23NO2S/c1-17(15-7-2-3-8-16(15)19)11-14-10-13(12-20-14)6-4-5-9-18/h10,12,15-16,18-19H,2-3,5,7-9,11H2,1H3. The smallest absolute Gasteiger partial charge is 0.0695 e. The number of hydrogen-bond donors (Lipinski definition) is 2. The van der Waals surface area contributed by atoms with E-state index in [1.54, 1.807) is 11.3 Å². The van der Waals surface area contributed by atoms with Crippen molar-refractivity contribution in [2.75, 3.05) is 13.7 Å². The summed E-state index contributed by atoms with van der Waals surface area (Å²) in [6.45, 7) is 0.986. The Morgan fingerprint density at radius 1 is 1.40 bits per heavy atom. The first kappa shape index (κ1) is 15.5. The number of nitrogens with zero attached hydrogens (tertiary/aromatic N) is 1. The fourth-order valence-corrected chi connectivity index (χ4v) is 3.60. The number of likely N-dealkylation sites (N-methyl/N-ethyl adjacent to an activating group) is 1. The van der Waals surface area contributed by atoms with E-state index in [9.17, 15) is 5.11 Å². The number of aliphatic hydroxyl groups excluding tert-OH is 2. The van der Waals surface area contributed by atoms with Gasteiger partial charge in [-0.25, -0.2) is 0 Å². The molecule has 1 aliphatic rings. The normalized spacial score (nSPS) is 22.6. The van der Waals surface area contributed by atoms with Crippen molar-refractivity contribution in [2.24, 2.45) is 0 Å². The van der Waals surface area contributed by atoms with Crippen LogP contribution in [0, 0.1) is 11.8 Å². The highest BCUT2D eigenvalue weighted by molar-refractivity contribution is 7.10. The number of hydrogen-bond acceptors (Lipinski definition) is 4. The zero-order valence-corrected chi connectivity index (χ0v) is 12.8. The van der Waals surface area contributed by atoms with Gasteiger partial charge in [-0.3, -0.25) is 4.90 Å². The van der Waals surface area contributed by atoms with Crippen LogP contribution in [0.1, 0.15) is 42.5 Å². The van der Waals surface area contributed by atoms with Gasteiger partial charge >= 0.3 is 0 Å². The molecule has 1 aromatic rings. The molecule has 1 saturated carbocycles. The Labute approximate surface area is 125 Å². The molecule has 1 fully saturated rings. The summed E-state index contributed by atoms with van der Waals surface area (Å²) < 4.78 is 0. The Hall–Kier alpha value is -0.860.